The molecule has 1 aromatic rings. The molecule has 0 aromatic heterocycles. The fraction of sp³-hybridized carbons (Fsp3) is 0.680. The maximum absolute atomic E-state index is 12.3. The molecule has 0 bridgehead atoms. The molecule has 1 aliphatic heterocycles. The minimum Gasteiger partial charge on any atom is -0.490 e. The topological polar surface area (TPSA) is 62.1 Å². The van der Waals surface area contributed by atoms with Crippen molar-refractivity contribution in [2.75, 3.05) is 0 Å². The van der Waals surface area contributed by atoms with Gasteiger partial charge in [0.05, 0.1) is 6.07 Å². The van der Waals surface area contributed by atoms with Gasteiger partial charge in [-0.2, -0.15) is 5.26 Å². The third-order valence-electron chi connectivity index (χ3n) is 8.16. The van der Waals surface area contributed by atoms with Crippen molar-refractivity contribution in [2.24, 2.45) is 41.4 Å². The van der Waals surface area contributed by atoms with E-state index in [1.807, 2.05) is 0 Å². The Hall–Kier alpha value is -2.02. The Balaban J connectivity index is 1.33. The second-order valence-corrected chi connectivity index (χ2v) is 10.2. The SMILES string of the molecule is CC(C)Cc1ccc(OC2CCC3C4C2CCCC4C2NC(=O)C(C#N)C32)cc1. The van der Waals surface area contributed by atoms with Crippen LogP contribution >= 0.6 is 0 Å². The monoisotopic (exact) mass is 392 g/mol. The number of ether oxygens (including phenoxy) is 1. The highest BCUT2D eigenvalue weighted by Gasteiger charge is 2.63. The largest absolute Gasteiger partial charge is 0.490 e. The molecule has 1 amide bonds. The zero-order valence-electron chi connectivity index (χ0n) is 17.5. The van der Waals surface area contributed by atoms with Crippen LogP contribution in [0, 0.1) is 52.8 Å². The summed E-state index contributed by atoms with van der Waals surface area (Å²) in [6, 6.07) is 11.2. The molecule has 4 aliphatic rings. The summed E-state index contributed by atoms with van der Waals surface area (Å²) in [4.78, 5) is 12.3. The highest BCUT2D eigenvalue weighted by atomic mass is 16.5. The first kappa shape index (κ1) is 19.0. The van der Waals surface area contributed by atoms with Gasteiger partial charge in [0, 0.05) is 12.0 Å². The first-order valence-electron chi connectivity index (χ1n) is 11.5. The summed E-state index contributed by atoms with van der Waals surface area (Å²) in [6.07, 6.45) is 7.12. The molecule has 154 valence electrons. The molecule has 3 aliphatic carbocycles. The van der Waals surface area contributed by atoms with Gasteiger partial charge in [-0.1, -0.05) is 32.4 Å². The number of hydrogen-bond donors (Lipinski definition) is 1. The lowest BCUT2D eigenvalue weighted by molar-refractivity contribution is -0.122. The Kier molecular flexibility index (Phi) is 4.81. The van der Waals surface area contributed by atoms with E-state index in [9.17, 15) is 10.1 Å². The van der Waals surface area contributed by atoms with Crippen LogP contribution in [0.2, 0.25) is 0 Å². The van der Waals surface area contributed by atoms with E-state index in [1.54, 1.807) is 0 Å². The van der Waals surface area contributed by atoms with E-state index in [4.69, 9.17) is 4.74 Å². The summed E-state index contributed by atoms with van der Waals surface area (Å²) in [6.45, 7) is 4.50. The predicted molar refractivity (Wildman–Crippen MR) is 111 cm³/mol. The average Bonchev–Trinajstić information content (AvgIpc) is 3.19. The van der Waals surface area contributed by atoms with Crippen LogP contribution in [0.3, 0.4) is 0 Å². The third kappa shape index (κ3) is 3.14. The molecule has 5 rings (SSSR count). The van der Waals surface area contributed by atoms with Crippen molar-refractivity contribution in [1.82, 2.24) is 5.32 Å². The Morgan fingerprint density at radius 1 is 1.07 bits per heavy atom. The van der Waals surface area contributed by atoms with E-state index in [2.05, 4.69) is 49.5 Å². The van der Waals surface area contributed by atoms with E-state index in [0.717, 1.165) is 25.0 Å². The number of hydrogen-bond acceptors (Lipinski definition) is 3. The molecule has 1 N–H and O–H groups in total. The van der Waals surface area contributed by atoms with Gasteiger partial charge in [0.15, 0.2) is 0 Å². The van der Waals surface area contributed by atoms with Crippen LogP contribution in [0.25, 0.3) is 0 Å². The van der Waals surface area contributed by atoms with Crippen LogP contribution in [-0.4, -0.2) is 18.1 Å². The molecule has 1 heterocycles. The number of nitrogens with one attached hydrogen (secondary N) is 1. The van der Waals surface area contributed by atoms with Gasteiger partial charge in [0.2, 0.25) is 5.91 Å². The van der Waals surface area contributed by atoms with Gasteiger partial charge in [-0.15, -0.1) is 0 Å². The smallest absolute Gasteiger partial charge is 0.237 e. The number of carbonyl (C=O) groups is 1. The molecule has 8 unspecified atom stereocenters. The van der Waals surface area contributed by atoms with Crippen molar-refractivity contribution in [2.45, 2.75) is 64.5 Å². The van der Waals surface area contributed by atoms with E-state index < -0.39 is 5.92 Å². The molecule has 3 saturated carbocycles. The molecule has 4 nitrogen and oxygen atoms in total. The normalized spacial score (nSPS) is 40.1. The molecule has 8 atom stereocenters. The van der Waals surface area contributed by atoms with E-state index in [-0.39, 0.29) is 24.0 Å². The fourth-order valence-corrected chi connectivity index (χ4v) is 7.27. The summed E-state index contributed by atoms with van der Waals surface area (Å²) in [7, 11) is 0. The number of fused-ring (bicyclic) bond motifs is 3. The number of amides is 1. The summed E-state index contributed by atoms with van der Waals surface area (Å²) in [5.74, 6) is 3.61. The minimum atomic E-state index is -0.442. The molecule has 0 spiro atoms. The van der Waals surface area contributed by atoms with Crippen LogP contribution in [-0.2, 0) is 11.2 Å². The van der Waals surface area contributed by atoms with Gasteiger partial charge in [-0.3, -0.25) is 4.79 Å². The summed E-state index contributed by atoms with van der Waals surface area (Å²) < 4.78 is 6.55. The number of nitrogens with zero attached hydrogens (tertiary/aromatic N) is 1. The lowest BCUT2D eigenvalue weighted by atomic mass is 9.62. The van der Waals surface area contributed by atoms with E-state index >= 15 is 0 Å². The Bertz CT molecular complexity index is 811. The molecule has 0 radical (unpaired) electrons. The molecule has 1 saturated heterocycles. The van der Waals surface area contributed by atoms with Crippen molar-refractivity contribution < 1.29 is 9.53 Å². The van der Waals surface area contributed by atoms with Crippen molar-refractivity contribution >= 4 is 5.91 Å². The fourth-order valence-electron chi connectivity index (χ4n) is 7.27. The van der Waals surface area contributed by atoms with Gasteiger partial charge >= 0.3 is 0 Å². The lowest BCUT2D eigenvalue weighted by Gasteiger charge is -2.46. The van der Waals surface area contributed by atoms with Crippen molar-refractivity contribution in [3.8, 4) is 11.8 Å². The van der Waals surface area contributed by atoms with Gasteiger partial charge in [0.25, 0.3) is 0 Å². The van der Waals surface area contributed by atoms with Gasteiger partial charge < -0.3 is 10.1 Å². The van der Waals surface area contributed by atoms with Gasteiger partial charge in [-0.25, -0.2) is 0 Å². The van der Waals surface area contributed by atoms with Crippen LogP contribution < -0.4 is 10.1 Å². The molecule has 4 heteroatoms. The number of nitriles is 1. The van der Waals surface area contributed by atoms with E-state index in [0.29, 0.717) is 29.6 Å². The van der Waals surface area contributed by atoms with Crippen LogP contribution in [0.1, 0.15) is 51.5 Å². The van der Waals surface area contributed by atoms with E-state index in [1.165, 1.54) is 24.8 Å². The first-order valence-corrected chi connectivity index (χ1v) is 11.5. The van der Waals surface area contributed by atoms with Gasteiger partial charge in [0.1, 0.15) is 17.8 Å². The Morgan fingerprint density at radius 2 is 1.83 bits per heavy atom. The highest BCUT2D eigenvalue weighted by molar-refractivity contribution is 5.84. The maximum atomic E-state index is 12.3. The van der Waals surface area contributed by atoms with Crippen molar-refractivity contribution in [3.05, 3.63) is 29.8 Å². The molecular formula is C25H32N2O2. The van der Waals surface area contributed by atoms with Crippen molar-refractivity contribution in [3.63, 3.8) is 0 Å². The van der Waals surface area contributed by atoms with Crippen molar-refractivity contribution in [1.29, 1.82) is 5.26 Å². The van der Waals surface area contributed by atoms with Gasteiger partial charge in [-0.05, 0) is 79.4 Å². The zero-order valence-corrected chi connectivity index (χ0v) is 17.5. The third-order valence-corrected chi connectivity index (χ3v) is 8.16. The Morgan fingerprint density at radius 3 is 2.55 bits per heavy atom. The predicted octanol–water partition coefficient (Wildman–Crippen LogP) is 4.34. The molecular weight excluding hydrogens is 360 g/mol. The second kappa shape index (κ2) is 7.35. The average molecular weight is 393 g/mol. The van der Waals surface area contributed by atoms with Crippen LogP contribution in [0.15, 0.2) is 24.3 Å². The quantitative estimate of drug-likeness (QED) is 0.829. The zero-order chi connectivity index (χ0) is 20.1. The molecule has 1 aromatic carbocycles. The number of benzene rings is 1. The highest BCUT2D eigenvalue weighted by Crippen LogP contribution is 2.60. The Labute approximate surface area is 174 Å². The first-order chi connectivity index (χ1) is 14.1. The number of rotatable bonds is 4. The van der Waals surface area contributed by atoms with Crippen LogP contribution in [0.5, 0.6) is 5.75 Å². The number of carbonyl (C=O) groups excluding carboxylic acids is 1. The molecule has 4 fully saturated rings. The van der Waals surface area contributed by atoms with Crippen LogP contribution in [0.4, 0.5) is 0 Å². The molecule has 29 heavy (non-hydrogen) atoms. The summed E-state index contributed by atoms with van der Waals surface area (Å²) >= 11 is 0. The summed E-state index contributed by atoms with van der Waals surface area (Å²) in [5, 5.41) is 12.8. The minimum absolute atomic E-state index is 0.0251. The summed E-state index contributed by atoms with van der Waals surface area (Å²) in [5.41, 5.74) is 1.37. The second-order valence-electron chi connectivity index (χ2n) is 10.2. The maximum Gasteiger partial charge on any atom is 0.237 e. The lowest BCUT2D eigenvalue weighted by Crippen LogP contribution is -2.46. The standard InChI is InChI=1S/C25H32N2O2/c1-14(2)12-15-6-8-16(9-7-15)29-21-11-10-18-22-17(21)4-3-5-19(22)24-23(18)20(13-26)25(28)27-24/h6-9,14,17-24H,3-5,10-12H2,1-2H3,(H,27,28).